The van der Waals surface area contributed by atoms with Crippen LogP contribution in [-0.2, 0) is 17.4 Å². The Bertz CT molecular complexity index is 873. The highest BCUT2D eigenvalue weighted by Gasteiger charge is 2.34. The minimum Gasteiger partial charge on any atom is -0.362 e. The Morgan fingerprint density at radius 2 is 1.86 bits per heavy atom. The zero-order chi connectivity index (χ0) is 21.4. The quantitative estimate of drug-likeness (QED) is 0.664. The van der Waals surface area contributed by atoms with Gasteiger partial charge in [-0.1, -0.05) is 19.1 Å². The van der Waals surface area contributed by atoms with Gasteiger partial charge in [-0.25, -0.2) is 4.39 Å². The SMILES string of the molecule is CCCN(CC(=O)NCCc1ccc(F)cc1)c1ccc(C#N)c(C(F)(F)F)c1. The van der Waals surface area contributed by atoms with Crippen molar-refractivity contribution in [1.29, 1.82) is 5.26 Å². The van der Waals surface area contributed by atoms with Gasteiger partial charge in [0.1, 0.15) is 5.82 Å². The molecule has 0 saturated carbocycles. The van der Waals surface area contributed by atoms with Crippen LogP contribution in [0.15, 0.2) is 42.5 Å². The number of hydrogen-bond donors (Lipinski definition) is 1. The summed E-state index contributed by atoms with van der Waals surface area (Å²) in [6.07, 6.45) is -3.52. The summed E-state index contributed by atoms with van der Waals surface area (Å²) in [5, 5.41) is 11.6. The Labute approximate surface area is 166 Å². The fourth-order valence-corrected chi connectivity index (χ4v) is 2.86. The lowest BCUT2D eigenvalue weighted by Crippen LogP contribution is -2.38. The fraction of sp³-hybridized carbons (Fsp3) is 0.333. The van der Waals surface area contributed by atoms with Gasteiger partial charge in [-0.05, 0) is 48.7 Å². The van der Waals surface area contributed by atoms with Crippen LogP contribution in [0.2, 0.25) is 0 Å². The molecule has 2 rings (SSSR count). The van der Waals surface area contributed by atoms with Crippen molar-refractivity contribution in [3.8, 4) is 6.07 Å². The Morgan fingerprint density at radius 3 is 2.45 bits per heavy atom. The van der Waals surface area contributed by atoms with Gasteiger partial charge in [-0.2, -0.15) is 18.4 Å². The largest absolute Gasteiger partial charge is 0.417 e. The minimum atomic E-state index is -4.66. The van der Waals surface area contributed by atoms with Crippen LogP contribution in [0.3, 0.4) is 0 Å². The van der Waals surface area contributed by atoms with E-state index in [4.69, 9.17) is 5.26 Å². The van der Waals surface area contributed by atoms with Crippen LogP contribution in [0.4, 0.5) is 23.2 Å². The van der Waals surface area contributed by atoms with Crippen molar-refractivity contribution >= 4 is 11.6 Å². The van der Waals surface area contributed by atoms with Crippen molar-refractivity contribution in [1.82, 2.24) is 5.32 Å². The van der Waals surface area contributed by atoms with Gasteiger partial charge in [0.25, 0.3) is 0 Å². The highest BCUT2D eigenvalue weighted by atomic mass is 19.4. The molecule has 2 aromatic carbocycles. The molecule has 1 amide bonds. The van der Waals surface area contributed by atoms with Gasteiger partial charge in [0.05, 0.1) is 23.7 Å². The summed E-state index contributed by atoms with van der Waals surface area (Å²) in [6.45, 7) is 2.45. The average Bonchev–Trinajstić information content (AvgIpc) is 2.68. The van der Waals surface area contributed by atoms with Crippen LogP contribution in [0, 0.1) is 17.1 Å². The lowest BCUT2D eigenvalue weighted by molar-refractivity contribution is -0.137. The molecule has 29 heavy (non-hydrogen) atoms. The number of nitrogens with zero attached hydrogens (tertiary/aromatic N) is 2. The Morgan fingerprint density at radius 1 is 1.17 bits per heavy atom. The van der Waals surface area contributed by atoms with Crippen molar-refractivity contribution < 1.29 is 22.4 Å². The molecule has 0 spiro atoms. The van der Waals surface area contributed by atoms with Gasteiger partial charge in [0.2, 0.25) is 5.91 Å². The van der Waals surface area contributed by atoms with Crippen molar-refractivity contribution in [2.45, 2.75) is 25.9 Å². The molecule has 2 aromatic rings. The van der Waals surface area contributed by atoms with Crippen LogP contribution in [0.1, 0.15) is 30.0 Å². The summed E-state index contributed by atoms with van der Waals surface area (Å²) in [5.41, 5.74) is -0.386. The predicted molar refractivity (Wildman–Crippen MR) is 102 cm³/mol. The summed E-state index contributed by atoms with van der Waals surface area (Å²) in [6, 6.07) is 10.9. The molecule has 0 saturated heterocycles. The number of alkyl halides is 3. The van der Waals surface area contributed by atoms with E-state index in [0.29, 0.717) is 25.9 Å². The molecule has 1 N–H and O–H groups in total. The van der Waals surface area contributed by atoms with Crippen LogP contribution < -0.4 is 10.2 Å². The molecule has 0 unspecified atom stereocenters. The van der Waals surface area contributed by atoms with E-state index in [2.05, 4.69) is 5.32 Å². The number of hydrogen-bond acceptors (Lipinski definition) is 3. The average molecular weight is 407 g/mol. The molecule has 0 aliphatic carbocycles. The summed E-state index contributed by atoms with van der Waals surface area (Å²) in [5.74, 6) is -0.674. The highest BCUT2D eigenvalue weighted by Crippen LogP contribution is 2.34. The van der Waals surface area contributed by atoms with Gasteiger partial charge < -0.3 is 10.2 Å². The monoisotopic (exact) mass is 407 g/mol. The second kappa shape index (κ2) is 9.92. The highest BCUT2D eigenvalue weighted by molar-refractivity contribution is 5.81. The second-order valence-electron chi connectivity index (χ2n) is 6.49. The van der Waals surface area contributed by atoms with E-state index in [1.165, 1.54) is 18.2 Å². The number of rotatable bonds is 8. The van der Waals surface area contributed by atoms with Gasteiger partial charge in [0.15, 0.2) is 0 Å². The summed E-state index contributed by atoms with van der Waals surface area (Å²) in [4.78, 5) is 13.8. The maximum Gasteiger partial charge on any atom is 0.417 e. The predicted octanol–water partition coefficient (Wildman–Crippen LogP) is 4.29. The van der Waals surface area contributed by atoms with E-state index >= 15 is 0 Å². The minimum absolute atomic E-state index is 0.111. The zero-order valence-electron chi connectivity index (χ0n) is 15.9. The first kappa shape index (κ1) is 22.2. The first-order valence-electron chi connectivity index (χ1n) is 9.12. The normalized spacial score (nSPS) is 11.0. The number of carbonyl (C=O) groups excluding carboxylic acids is 1. The molecule has 0 heterocycles. The van der Waals surface area contributed by atoms with Gasteiger partial charge in [-0.15, -0.1) is 0 Å². The summed E-state index contributed by atoms with van der Waals surface area (Å²) in [7, 11) is 0. The molecule has 0 radical (unpaired) electrons. The maximum atomic E-state index is 13.2. The number of carbonyl (C=O) groups is 1. The standard InChI is InChI=1S/C21H21F4N3O/c1-2-11-28(18-8-5-16(13-26)19(12-18)21(23,24)25)14-20(29)27-10-9-15-3-6-17(22)7-4-15/h3-8,12H,2,9-11,14H2,1H3,(H,27,29). The second-order valence-corrected chi connectivity index (χ2v) is 6.49. The van der Waals surface area contributed by atoms with Gasteiger partial charge >= 0.3 is 6.18 Å². The molecule has 0 aliphatic rings. The fourth-order valence-electron chi connectivity index (χ4n) is 2.86. The lowest BCUT2D eigenvalue weighted by Gasteiger charge is -2.25. The molecule has 154 valence electrons. The molecular formula is C21H21F4N3O. The number of nitriles is 1. The van der Waals surface area contributed by atoms with Crippen LogP contribution in [0.25, 0.3) is 0 Å². The maximum absolute atomic E-state index is 13.2. The molecular weight excluding hydrogens is 386 g/mol. The molecule has 0 bridgehead atoms. The third-order valence-electron chi connectivity index (χ3n) is 4.27. The zero-order valence-corrected chi connectivity index (χ0v) is 15.9. The van der Waals surface area contributed by atoms with E-state index < -0.39 is 17.3 Å². The Kier molecular flexibility index (Phi) is 7.59. The van der Waals surface area contributed by atoms with Crippen molar-refractivity contribution in [3.63, 3.8) is 0 Å². The van der Waals surface area contributed by atoms with E-state index in [-0.39, 0.29) is 24.0 Å². The Hall–Kier alpha value is -3.08. The van der Waals surface area contributed by atoms with E-state index in [1.54, 1.807) is 23.1 Å². The molecule has 0 atom stereocenters. The summed E-state index contributed by atoms with van der Waals surface area (Å²) >= 11 is 0. The summed E-state index contributed by atoms with van der Waals surface area (Å²) < 4.78 is 52.5. The molecule has 8 heteroatoms. The Balaban J connectivity index is 2.04. The van der Waals surface area contributed by atoms with Gasteiger partial charge in [-0.3, -0.25) is 4.79 Å². The van der Waals surface area contributed by atoms with Crippen LogP contribution >= 0.6 is 0 Å². The first-order chi connectivity index (χ1) is 13.7. The van der Waals surface area contributed by atoms with E-state index in [9.17, 15) is 22.4 Å². The third kappa shape index (κ3) is 6.49. The van der Waals surface area contributed by atoms with Crippen LogP contribution in [-0.4, -0.2) is 25.5 Å². The molecule has 0 aliphatic heterocycles. The van der Waals surface area contributed by atoms with Crippen molar-refractivity contribution in [2.75, 3.05) is 24.5 Å². The molecule has 0 aromatic heterocycles. The van der Waals surface area contributed by atoms with E-state index in [0.717, 1.165) is 17.7 Å². The topological polar surface area (TPSA) is 56.1 Å². The first-order valence-corrected chi connectivity index (χ1v) is 9.12. The third-order valence-corrected chi connectivity index (χ3v) is 4.27. The molecule has 0 fully saturated rings. The number of amides is 1. The number of halogens is 4. The molecule has 4 nitrogen and oxygen atoms in total. The van der Waals surface area contributed by atoms with Crippen molar-refractivity contribution in [2.24, 2.45) is 0 Å². The number of benzene rings is 2. The lowest BCUT2D eigenvalue weighted by atomic mass is 10.1. The van der Waals surface area contributed by atoms with E-state index in [1.807, 2.05) is 6.92 Å². The smallest absolute Gasteiger partial charge is 0.362 e. The van der Waals surface area contributed by atoms with Crippen LogP contribution in [0.5, 0.6) is 0 Å². The van der Waals surface area contributed by atoms with Crippen molar-refractivity contribution in [3.05, 3.63) is 65.0 Å². The number of nitrogens with one attached hydrogen (secondary N) is 1. The van der Waals surface area contributed by atoms with Gasteiger partial charge in [0, 0.05) is 18.8 Å². The number of anilines is 1.